The fourth-order valence-corrected chi connectivity index (χ4v) is 4.54. The number of hydrogen-bond acceptors (Lipinski definition) is 7. The number of piperidine rings is 1. The van der Waals surface area contributed by atoms with Crippen LogP contribution in [0.1, 0.15) is 29.5 Å². The van der Waals surface area contributed by atoms with Crippen molar-refractivity contribution >= 4 is 34.0 Å². The van der Waals surface area contributed by atoms with Crippen molar-refractivity contribution in [2.45, 2.75) is 25.8 Å². The first kappa shape index (κ1) is 21.8. The molecule has 1 aromatic heterocycles. The Morgan fingerprint density at radius 3 is 2.22 bits per heavy atom. The molecule has 9 heteroatoms. The lowest BCUT2D eigenvalue weighted by Crippen LogP contribution is -2.46. The van der Waals surface area contributed by atoms with E-state index < -0.39 is 12.0 Å². The molecule has 2 heterocycles. The third-order valence-corrected chi connectivity index (χ3v) is 6.25. The molecule has 4 rings (SSSR count). The van der Waals surface area contributed by atoms with E-state index in [2.05, 4.69) is 15.5 Å². The van der Waals surface area contributed by atoms with E-state index in [0.717, 1.165) is 10.6 Å². The van der Waals surface area contributed by atoms with Gasteiger partial charge >= 0.3 is 0 Å². The van der Waals surface area contributed by atoms with Gasteiger partial charge in [0, 0.05) is 12.1 Å². The van der Waals surface area contributed by atoms with Crippen LogP contribution < -0.4 is 19.7 Å². The molecule has 0 aliphatic carbocycles. The molecule has 166 valence electrons. The smallest absolute Gasteiger partial charge is 0.231 e. The van der Waals surface area contributed by atoms with Crippen molar-refractivity contribution in [2.24, 2.45) is 5.92 Å². The van der Waals surface area contributed by atoms with E-state index in [0.29, 0.717) is 28.7 Å². The molecule has 0 spiro atoms. The van der Waals surface area contributed by atoms with Gasteiger partial charge < -0.3 is 19.7 Å². The Balaban J connectivity index is 1.73. The summed E-state index contributed by atoms with van der Waals surface area (Å²) in [4.78, 5) is 28.1. The first-order valence-corrected chi connectivity index (χ1v) is 11.0. The second-order valence-electron chi connectivity index (χ2n) is 7.44. The minimum absolute atomic E-state index is 0.0354. The molecule has 32 heavy (non-hydrogen) atoms. The van der Waals surface area contributed by atoms with Crippen LogP contribution >= 0.6 is 11.3 Å². The number of carbonyl (C=O) groups excluding carboxylic acids is 2. The molecule has 2 amide bonds. The second-order valence-corrected chi connectivity index (χ2v) is 8.62. The maximum Gasteiger partial charge on any atom is 0.231 e. The number of amides is 2. The lowest BCUT2D eigenvalue weighted by molar-refractivity contribution is -0.125. The van der Waals surface area contributed by atoms with Crippen LogP contribution in [0, 0.1) is 12.8 Å². The minimum Gasteiger partial charge on any atom is -0.497 e. The molecular formula is C23H24N4O4S. The highest BCUT2D eigenvalue weighted by Crippen LogP contribution is 2.41. The van der Waals surface area contributed by atoms with E-state index >= 15 is 0 Å². The third-order valence-electron chi connectivity index (χ3n) is 5.50. The standard InChI is InChI=1S/C23H24N4O4S/c1-14-25-26-23(32-14)24-22(29)19-12-13-20(28)27(16-6-10-18(31-3)11-7-16)21(19)15-4-8-17(30-2)9-5-15/h4-11,19,21H,12-13H2,1-3H3,(H,24,26,29). The van der Waals surface area contributed by atoms with Crippen LogP contribution in [-0.4, -0.2) is 36.2 Å². The molecule has 0 radical (unpaired) electrons. The molecule has 2 unspecified atom stereocenters. The summed E-state index contributed by atoms with van der Waals surface area (Å²) in [6.07, 6.45) is 0.706. The van der Waals surface area contributed by atoms with Gasteiger partial charge in [0.15, 0.2) is 0 Å². The number of methoxy groups -OCH3 is 2. The highest BCUT2D eigenvalue weighted by Gasteiger charge is 2.41. The normalized spacial score (nSPS) is 18.3. The van der Waals surface area contributed by atoms with Crippen LogP contribution in [0.3, 0.4) is 0 Å². The molecular weight excluding hydrogens is 428 g/mol. The zero-order chi connectivity index (χ0) is 22.7. The van der Waals surface area contributed by atoms with Crippen molar-refractivity contribution in [3.8, 4) is 11.5 Å². The molecule has 1 aliphatic rings. The Kier molecular flexibility index (Phi) is 6.36. The highest BCUT2D eigenvalue weighted by atomic mass is 32.1. The largest absolute Gasteiger partial charge is 0.497 e. The minimum atomic E-state index is -0.482. The maximum absolute atomic E-state index is 13.3. The zero-order valence-electron chi connectivity index (χ0n) is 18.1. The van der Waals surface area contributed by atoms with Crippen LogP contribution in [0.5, 0.6) is 11.5 Å². The molecule has 0 bridgehead atoms. The summed E-state index contributed by atoms with van der Waals surface area (Å²) in [5.74, 6) is 0.713. The predicted molar refractivity (Wildman–Crippen MR) is 122 cm³/mol. The molecule has 1 fully saturated rings. The first-order chi connectivity index (χ1) is 15.5. The number of aromatic nitrogens is 2. The van der Waals surface area contributed by atoms with Crippen LogP contribution in [0.15, 0.2) is 48.5 Å². The number of carbonyl (C=O) groups is 2. The van der Waals surface area contributed by atoms with Crippen molar-refractivity contribution in [1.29, 1.82) is 0 Å². The lowest BCUT2D eigenvalue weighted by atomic mass is 9.83. The summed E-state index contributed by atoms with van der Waals surface area (Å²) < 4.78 is 10.5. The zero-order valence-corrected chi connectivity index (χ0v) is 18.9. The first-order valence-electron chi connectivity index (χ1n) is 10.2. The topological polar surface area (TPSA) is 93.7 Å². The van der Waals surface area contributed by atoms with Crippen molar-refractivity contribution in [3.63, 3.8) is 0 Å². The van der Waals surface area contributed by atoms with E-state index in [1.165, 1.54) is 11.3 Å². The van der Waals surface area contributed by atoms with Gasteiger partial charge in [0.1, 0.15) is 16.5 Å². The van der Waals surface area contributed by atoms with Gasteiger partial charge in [0.25, 0.3) is 0 Å². The van der Waals surface area contributed by atoms with Gasteiger partial charge in [-0.2, -0.15) is 0 Å². The molecule has 8 nitrogen and oxygen atoms in total. The summed E-state index contributed by atoms with van der Waals surface area (Å²) in [6, 6.07) is 14.3. The van der Waals surface area contributed by atoms with E-state index in [-0.39, 0.29) is 18.2 Å². The number of benzene rings is 2. The Morgan fingerprint density at radius 1 is 1.03 bits per heavy atom. The summed E-state index contributed by atoms with van der Waals surface area (Å²) in [7, 11) is 3.19. The number of rotatable bonds is 6. The molecule has 1 saturated heterocycles. The second kappa shape index (κ2) is 9.35. The van der Waals surface area contributed by atoms with Gasteiger partial charge in [0.2, 0.25) is 16.9 Å². The van der Waals surface area contributed by atoms with Gasteiger partial charge in [0.05, 0.1) is 26.2 Å². The number of anilines is 2. The third kappa shape index (κ3) is 4.43. The van der Waals surface area contributed by atoms with Crippen molar-refractivity contribution < 1.29 is 19.1 Å². The highest BCUT2D eigenvalue weighted by molar-refractivity contribution is 7.15. The fourth-order valence-electron chi connectivity index (χ4n) is 3.94. The maximum atomic E-state index is 13.3. The summed E-state index contributed by atoms with van der Waals surface area (Å²) in [5, 5.41) is 12.1. The predicted octanol–water partition coefficient (Wildman–Crippen LogP) is 3.99. The van der Waals surface area contributed by atoms with Crippen LogP contribution in [0.25, 0.3) is 0 Å². The van der Waals surface area contributed by atoms with E-state index in [1.54, 1.807) is 31.3 Å². The van der Waals surface area contributed by atoms with Crippen LogP contribution in [-0.2, 0) is 9.59 Å². The Morgan fingerprint density at radius 2 is 1.66 bits per heavy atom. The SMILES string of the molecule is COc1ccc(C2C(C(=O)Nc3nnc(C)s3)CCC(=O)N2c2ccc(OC)cc2)cc1. The van der Waals surface area contributed by atoms with Crippen molar-refractivity contribution in [2.75, 3.05) is 24.4 Å². The van der Waals surface area contributed by atoms with Crippen LogP contribution in [0.2, 0.25) is 0 Å². The molecule has 2 aromatic carbocycles. The molecule has 1 aliphatic heterocycles. The fraction of sp³-hybridized carbons (Fsp3) is 0.304. The average Bonchev–Trinajstić information content (AvgIpc) is 3.23. The number of nitrogens with zero attached hydrogens (tertiary/aromatic N) is 3. The Bertz CT molecular complexity index is 1100. The van der Waals surface area contributed by atoms with E-state index in [4.69, 9.17) is 9.47 Å². The van der Waals surface area contributed by atoms with Gasteiger partial charge in [-0.15, -0.1) is 10.2 Å². The lowest BCUT2D eigenvalue weighted by Gasteiger charge is -2.40. The number of nitrogens with one attached hydrogen (secondary N) is 1. The monoisotopic (exact) mass is 452 g/mol. The van der Waals surface area contributed by atoms with Gasteiger partial charge in [-0.3, -0.25) is 9.59 Å². The van der Waals surface area contributed by atoms with E-state index in [1.807, 2.05) is 43.3 Å². The summed E-state index contributed by atoms with van der Waals surface area (Å²) in [6.45, 7) is 1.83. The Hall–Kier alpha value is -3.46. The molecule has 2 atom stereocenters. The van der Waals surface area contributed by atoms with Crippen molar-refractivity contribution in [1.82, 2.24) is 10.2 Å². The molecule has 3 aromatic rings. The number of hydrogen-bond donors (Lipinski definition) is 1. The quantitative estimate of drug-likeness (QED) is 0.608. The number of ether oxygens (including phenoxy) is 2. The van der Waals surface area contributed by atoms with Gasteiger partial charge in [-0.05, 0) is 55.3 Å². The van der Waals surface area contributed by atoms with Gasteiger partial charge in [-0.1, -0.05) is 23.5 Å². The summed E-state index contributed by atoms with van der Waals surface area (Å²) >= 11 is 1.32. The van der Waals surface area contributed by atoms with Gasteiger partial charge in [-0.25, -0.2) is 0 Å². The Labute approximate surface area is 190 Å². The van der Waals surface area contributed by atoms with Crippen molar-refractivity contribution in [3.05, 3.63) is 59.1 Å². The van der Waals surface area contributed by atoms with Crippen LogP contribution in [0.4, 0.5) is 10.8 Å². The summed E-state index contributed by atoms with van der Waals surface area (Å²) in [5.41, 5.74) is 1.56. The molecule has 0 saturated carbocycles. The average molecular weight is 453 g/mol. The number of aryl methyl sites for hydroxylation is 1. The molecule has 1 N–H and O–H groups in total. The van der Waals surface area contributed by atoms with E-state index in [9.17, 15) is 9.59 Å².